The molecule has 0 aromatic heterocycles. The van der Waals surface area contributed by atoms with E-state index in [9.17, 15) is 9.59 Å². The molecule has 28 heavy (non-hydrogen) atoms. The number of hydrogen-bond acceptors (Lipinski definition) is 2. The monoisotopic (exact) mass is 368 g/mol. The van der Waals surface area contributed by atoms with Crippen LogP contribution in [0.1, 0.15) is 22.3 Å². The molecule has 0 aliphatic carbocycles. The lowest BCUT2D eigenvalue weighted by Crippen LogP contribution is -2.27. The van der Waals surface area contributed by atoms with Crippen LogP contribution < -0.4 is 5.32 Å². The molecule has 3 aromatic carbocycles. The lowest BCUT2D eigenvalue weighted by molar-refractivity contribution is -0.116. The number of hydrogen-bond donors (Lipinski definition) is 1. The van der Waals surface area contributed by atoms with Crippen molar-refractivity contribution in [1.29, 1.82) is 0 Å². The van der Waals surface area contributed by atoms with Gasteiger partial charge in [0.05, 0.1) is 0 Å². The van der Waals surface area contributed by atoms with Gasteiger partial charge in [0, 0.05) is 41.0 Å². The van der Waals surface area contributed by atoms with Crippen molar-refractivity contribution in [1.82, 2.24) is 4.90 Å². The first-order valence-electron chi connectivity index (χ1n) is 9.19. The van der Waals surface area contributed by atoms with Gasteiger partial charge in [-0.25, -0.2) is 0 Å². The third kappa shape index (κ3) is 3.32. The van der Waals surface area contributed by atoms with Gasteiger partial charge in [0.1, 0.15) is 0 Å². The highest BCUT2D eigenvalue weighted by atomic mass is 16.2. The van der Waals surface area contributed by atoms with E-state index >= 15 is 0 Å². The van der Waals surface area contributed by atoms with Gasteiger partial charge in [-0.3, -0.25) is 9.59 Å². The number of carbonyl (C=O) groups excluding carboxylic acids is 2. The molecule has 1 aliphatic rings. The van der Waals surface area contributed by atoms with Gasteiger partial charge in [-0.05, 0) is 17.7 Å². The molecule has 0 saturated heterocycles. The van der Waals surface area contributed by atoms with E-state index in [0.717, 1.165) is 22.4 Å². The maximum absolute atomic E-state index is 12.6. The topological polar surface area (TPSA) is 49.4 Å². The van der Waals surface area contributed by atoms with Crippen molar-refractivity contribution in [3.63, 3.8) is 0 Å². The van der Waals surface area contributed by atoms with Gasteiger partial charge < -0.3 is 10.2 Å². The van der Waals surface area contributed by atoms with E-state index in [1.807, 2.05) is 72.8 Å². The van der Waals surface area contributed by atoms with Crippen LogP contribution in [0.25, 0.3) is 16.8 Å². The summed E-state index contributed by atoms with van der Waals surface area (Å²) in [6, 6.07) is 25.0. The number of benzene rings is 3. The van der Waals surface area contributed by atoms with Crippen molar-refractivity contribution in [2.45, 2.75) is 6.42 Å². The Morgan fingerprint density at radius 2 is 1.43 bits per heavy atom. The van der Waals surface area contributed by atoms with E-state index in [0.29, 0.717) is 17.8 Å². The molecule has 0 bridgehead atoms. The first kappa shape index (κ1) is 17.7. The van der Waals surface area contributed by atoms with Crippen LogP contribution in [-0.4, -0.2) is 23.3 Å². The van der Waals surface area contributed by atoms with Crippen LogP contribution in [0.4, 0.5) is 5.69 Å². The second kappa shape index (κ2) is 7.53. The van der Waals surface area contributed by atoms with Gasteiger partial charge in [-0.2, -0.15) is 0 Å². The van der Waals surface area contributed by atoms with Crippen LogP contribution in [0.15, 0.2) is 85.4 Å². The van der Waals surface area contributed by atoms with Crippen LogP contribution in [0.2, 0.25) is 0 Å². The molecule has 2 amide bonds. The molecule has 3 aromatic rings. The predicted octanol–water partition coefficient (Wildman–Crippen LogP) is 4.81. The van der Waals surface area contributed by atoms with Crippen LogP contribution in [0.5, 0.6) is 0 Å². The third-order valence-electron chi connectivity index (χ3n) is 4.89. The molecule has 4 heteroatoms. The number of anilines is 1. The molecule has 0 spiro atoms. The van der Waals surface area contributed by atoms with E-state index in [4.69, 9.17) is 0 Å². The van der Waals surface area contributed by atoms with Gasteiger partial charge in [-0.1, -0.05) is 73.3 Å². The number of nitrogens with zero attached hydrogens (tertiary/aromatic N) is 1. The highest BCUT2D eigenvalue weighted by molar-refractivity contribution is 6.09. The molecule has 4 rings (SSSR count). The van der Waals surface area contributed by atoms with Crippen LogP contribution >= 0.6 is 0 Å². The number of nitrogens with one attached hydrogen (secondary N) is 1. The lowest BCUT2D eigenvalue weighted by atomic mass is 10.0. The average Bonchev–Trinajstić information content (AvgIpc) is 2.98. The number of amides is 2. The largest absolute Gasteiger partial charge is 0.325 e. The van der Waals surface area contributed by atoms with Crippen LogP contribution in [-0.2, 0) is 4.79 Å². The molecule has 4 nitrogen and oxygen atoms in total. The first-order valence-corrected chi connectivity index (χ1v) is 9.19. The molecule has 1 aliphatic heterocycles. The van der Waals surface area contributed by atoms with E-state index < -0.39 is 0 Å². The Kier molecular flexibility index (Phi) is 4.77. The fourth-order valence-electron chi connectivity index (χ4n) is 3.46. The van der Waals surface area contributed by atoms with Gasteiger partial charge in [0.15, 0.2) is 0 Å². The minimum atomic E-state index is -0.139. The van der Waals surface area contributed by atoms with Crippen molar-refractivity contribution >= 4 is 23.2 Å². The molecule has 0 radical (unpaired) electrons. The number of rotatable bonds is 5. The standard InChI is InChI=1S/C24H20N2O2/c1-17-19-11-5-6-13-21(19)24(28)26(17)16-15-23(27)25-22-14-8-7-12-20(22)18-9-3-2-4-10-18/h2-14H,1,15-16H2,(H,25,27). The molecule has 1 N–H and O–H groups in total. The van der Waals surface area contributed by atoms with Crippen LogP contribution in [0, 0.1) is 0 Å². The van der Waals surface area contributed by atoms with Crippen molar-refractivity contribution in [2.24, 2.45) is 0 Å². The molecular weight excluding hydrogens is 348 g/mol. The molecule has 0 saturated carbocycles. The number of fused-ring (bicyclic) bond motifs is 1. The smallest absolute Gasteiger partial charge is 0.258 e. The van der Waals surface area contributed by atoms with E-state index in [1.54, 1.807) is 11.0 Å². The number of para-hydroxylation sites is 1. The average molecular weight is 368 g/mol. The van der Waals surface area contributed by atoms with Crippen LogP contribution in [0.3, 0.4) is 0 Å². The maximum atomic E-state index is 12.6. The summed E-state index contributed by atoms with van der Waals surface area (Å²) in [5.74, 6) is -0.238. The summed E-state index contributed by atoms with van der Waals surface area (Å²) in [6.07, 6.45) is 0.196. The first-order chi connectivity index (χ1) is 13.6. The van der Waals surface area contributed by atoms with E-state index in [-0.39, 0.29) is 18.2 Å². The zero-order chi connectivity index (χ0) is 19.5. The summed E-state index contributed by atoms with van der Waals surface area (Å²) < 4.78 is 0. The van der Waals surface area contributed by atoms with Crippen molar-refractivity contribution in [3.8, 4) is 11.1 Å². The normalized spacial score (nSPS) is 12.8. The fourth-order valence-corrected chi connectivity index (χ4v) is 3.46. The summed E-state index contributed by atoms with van der Waals surface area (Å²) in [4.78, 5) is 26.7. The van der Waals surface area contributed by atoms with E-state index in [2.05, 4.69) is 11.9 Å². The Labute approximate surface area is 164 Å². The zero-order valence-electron chi connectivity index (χ0n) is 15.4. The van der Waals surface area contributed by atoms with E-state index in [1.165, 1.54) is 0 Å². The molecule has 138 valence electrons. The molecular formula is C24H20N2O2. The molecule has 0 atom stereocenters. The van der Waals surface area contributed by atoms with Crippen molar-refractivity contribution in [3.05, 3.63) is 96.6 Å². The quantitative estimate of drug-likeness (QED) is 0.703. The van der Waals surface area contributed by atoms with Crippen molar-refractivity contribution in [2.75, 3.05) is 11.9 Å². The van der Waals surface area contributed by atoms with Gasteiger partial charge in [-0.15, -0.1) is 0 Å². The molecule has 0 fully saturated rings. The third-order valence-corrected chi connectivity index (χ3v) is 4.89. The van der Waals surface area contributed by atoms with Gasteiger partial charge in [0.2, 0.25) is 5.91 Å². The Hall–Kier alpha value is -3.66. The maximum Gasteiger partial charge on any atom is 0.258 e. The highest BCUT2D eigenvalue weighted by Gasteiger charge is 2.30. The van der Waals surface area contributed by atoms with Gasteiger partial charge in [0.25, 0.3) is 5.91 Å². The summed E-state index contributed by atoms with van der Waals surface area (Å²) in [5.41, 5.74) is 4.89. The minimum Gasteiger partial charge on any atom is -0.325 e. The summed E-state index contributed by atoms with van der Waals surface area (Å²) in [7, 11) is 0. The minimum absolute atomic E-state index is 0.0990. The second-order valence-electron chi connectivity index (χ2n) is 6.66. The van der Waals surface area contributed by atoms with Gasteiger partial charge >= 0.3 is 0 Å². The second-order valence-corrected chi connectivity index (χ2v) is 6.66. The lowest BCUT2D eigenvalue weighted by Gasteiger charge is -2.17. The Morgan fingerprint density at radius 1 is 0.821 bits per heavy atom. The molecule has 1 heterocycles. The highest BCUT2D eigenvalue weighted by Crippen LogP contribution is 2.31. The Bertz CT molecular complexity index is 1020. The fraction of sp³-hybridized carbons (Fsp3) is 0.0833. The Morgan fingerprint density at radius 3 is 2.14 bits per heavy atom. The predicted molar refractivity (Wildman–Crippen MR) is 112 cm³/mol. The summed E-state index contributed by atoms with van der Waals surface area (Å²) in [6.45, 7) is 4.31. The summed E-state index contributed by atoms with van der Waals surface area (Å²) >= 11 is 0. The molecule has 0 unspecified atom stereocenters. The zero-order valence-corrected chi connectivity index (χ0v) is 15.4. The summed E-state index contributed by atoms with van der Waals surface area (Å²) in [5, 5.41) is 2.98. The number of carbonyl (C=O) groups is 2. The SMILES string of the molecule is C=C1c2ccccc2C(=O)N1CCC(=O)Nc1ccccc1-c1ccccc1. The van der Waals surface area contributed by atoms with Crippen molar-refractivity contribution < 1.29 is 9.59 Å². The Balaban J connectivity index is 1.44.